The average Bonchev–Trinajstić information content (AvgIpc) is 2.92. The Kier molecular flexibility index (Phi) is 5.36. The number of rotatable bonds is 5. The molecule has 0 radical (unpaired) electrons. The third-order valence-corrected chi connectivity index (χ3v) is 4.78. The quantitative estimate of drug-likeness (QED) is 0.855. The zero-order valence-corrected chi connectivity index (χ0v) is 12.3. The van der Waals surface area contributed by atoms with E-state index in [9.17, 15) is 4.79 Å². The molecule has 5 heteroatoms. The molecule has 2 atom stereocenters. The summed E-state index contributed by atoms with van der Waals surface area (Å²) < 4.78 is 0. The predicted molar refractivity (Wildman–Crippen MR) is 78.9 cm³/mol. The molecule has 19 heavy (non-hydrogen) atoms. The van der Waals surface area contributed by atoms with Crippen LogP contribution < -0.4 is 11.1 Å². The first-order valence-electron chi connectivity index (χ1n) is 6.90. The molecule has 1 aromatic heterocycles. The van der Waals surface area contributed by atoms with E-state index in [1.165, 1.54) is 4.88 Å². The Morgan fingerprint density at radius 2 is 2.47 bits per heavy atom. The molecule has 0 aromatic carbocycles. The van der Waals surface area contributed by atoms with Gasteiger partial charge in [-0.1, -0.05) is 13.0 Å². The lowest BCUT2D eigenvalue weighted by Crippen LogP contribution is -2.46. The molecule has 3 N–H and O–H groups in total. The molecule has 2 rings (SSSR count). The van der Waals surface area contributed by atoms with E-state index in [4.69, 9.17) is 5.73 Å². The monoisotopic (exact) mass is 281 g/mol. The number of nitrogens with two attached hydrogens (primary N) is 1. The highest BCUT2D eigenvalue weighted by molar-refractivity contribution is 7.09. The maximum absolute atomic E-state index is 11.9. The van der Waals surface area contributed by atoms with Gasteiger partial charge in [0.2, 0.25) is 5.91 Å². The molecule has 1 aromatic rings. The van der Waals surface area contributed by atoms with Crippen molar-refractivity contribution in [2.45, 2.75) is 19.9 Å². The number of piperidine rings is 1. The molecule has 1 amide bonds. The first kappa shape index (κ1) is 14.5. The predicted octanol–water partition coefficient (Wildman–Crippen LogP) is 1.28. The summed E-state index contributed by atoms with van der Waals surface area (Å²) in [5.41, 5.74) is 5.78. The summed E-state index contributed by atoms with van der Waals surface area (Å²) in [6.45, 7) is 6.06. The molecule has 0 aliphatic carbocycles. The Morgan fingerprint density at radius 1 is 1.63 bits per heavy atom. The van der Waals surface area contributed by atoms with Gasteiger partial charge in [0, 0.05) is 11.4 Å². The van der Waals surface area contributed by atoms with E-state index >= 15 is 0 Å². The molecule has 0 spiro atoms. The fourth-order valence-corrected chi connectivity index (χ4v) is 3.18. The molecule has 0 saturated carbocycles. The lowest BCUT2D eigenvalue weighted by Gasteiger charge is -2.36. The van der Waals surface area contributed by atoms with Crippen LogP contribution in [0.4, 0.5) is 0 Å². The number of hydrogen-bond donors (Lipinski definition) is 2. The van der Waals surface area contributed by atoms with Crippen LogP contribution in [0.2, 0.25) is 0 Å². The molecule has 1 aliphatic heterocycles. The molecular formula is C14H23N3OS. The van der Waals surface area contributed by atoms with Gasteiger partial charge in [0.15, 0.2) is 0 Å². The summed E-state index contributed by atoms with van der Waals surface area (Å²) >= 11 is 1.67. The molecule has 1 saturated heterocycles. The molecule has 2 unspecified atom stereocenters. The minimum absolute atomic E-state index is 0.110. The van der Waals surface area contributed by atoms with Crippen LogP contribution in [-0.2, 0) is 11.3 Å². The Labute approximate surface area is 119 Å². The Balaban J connectivity index is 1.73. The van der Waals surface area contributed by atoms with Crippen molar-refractivity contribution in [1.82, 2.24) is 10.2 Å². The second-order valence-electron chi connectivity index (χ2n) is 5.35. The highest BCUT2D eigenvalue weighted by Crippen LogP contribution is 2.21. The fraction of sp³-hybridized carbons (Fsp3) is 0.643. The Hall–Kier alpha value is -0.910. The van der Waals surface area contributed by atoms with E-state index in [-0.39, 0.29) is 5.91 Å². The number of carbonyl (C=O) groups excluding carboxylic acids is 1. The Bertz CT molecular complexity index is 393. The van der Waals surface area contributed by atoms with Crippen LogP contribution in [0, 0.1) is 11.8 Å². The van der Waals surface area contributed by atoms with Crippen LogP contribution in [0.5, 0.6) is 0 Å². The largest absolute Gasteiger partial charge is 0.350 e. The van der Waals surface area contributed by atoms with Crippen molar-refractivity contribution in [3.8, 4) is 0 Å². The van der Waals surface area contributed by atoms with Gasteiger partial charge < -0.3 is 11.1 Å². The van der Waals surface area contributed by atoms with E-state index in [0.717, 1.165) is 19.5 Å². The standard InChI is InChI=1S/C14H23N3OS/c1-11-4-5-17(9-12(11)7-15)10-14(18)16-8-13-3-2-6-19-13/h2-3,6,11-12H,4-5,7-10,15H2,1H3,(H,16,18). The van der Waals surface area contributed by atoms with Gasteiger partial charge in [0.25, 0.3) is 0 Å². The van der Waals surface area contributed by atoms with Crippen molar-refractivity contribution in [3.05, 3.63) is 22.4 Å². The zero-order valence-electron chi connectivity index (χ0n) is 11.5. The smallest absolute Gasteiger partial charge is 0.234 e. The minimum atomic E-state index is 0.110. The third-order valence-electron chi connectivity index (χ3n) is 3.91. The van der Waals surface area contributed by atoms with Crippen LogP contribution in [0.3, 0.4) is 0 Å². The minimum Gasteiger partial charge on any atom is -0.350 e. The maximum Gasteiger partial charge on any atom is 0.234 e. The summed E-state index contributed by atoms with van der Waals surface area (Å²) in [6.07, 6.45) is 1.14. The van der Waals surface area contributed by atoms with Crippen LogP contribution >= 0.6 is 11.3 Å². The summed E-state index contributed by atoms with van der Waals surface area (Å²) in [6, 6.07) is 4.04. The van der Waals surface area contributed by atoms with Gasteiger partial charge in [-0.15, -0.1) is 11.3 Å². The number of amides is 1. The summed E-state index contributed by atoms with van der Waals surface area (Å²) in [7, 11) is 0. The van der Waals surface area contributed by atoms with Gasteiger partial charge in [-0.05, 0) is 42.8 Å². The number of nitrogens with zero attached hydrogens (tertiary/aromatic N) is 1. The van der Waals surface area contributed by atoms with Gasteiger partial charge in [-0.3, -0.25) is 9.69 Å². The van der Waals surface area contributed by atoms with Gasteiger partial charge >= 0.3 is 0 Å². The van der Waals surface area contributed by atoms with Crippen LogP contribution in [-0.4, -0.2) is 37.0 Å². The second kappa shape index (κ2) is 7.03. The SMILES string of the molecule is CC1CCN(CC(=O)NCc2cccs2)CC1CN. The van der Waals surface area contributed by atoms with Crippen molar-refractivity contribution in [2.24, 2.45) is 17.6 Å². The van der Waals surface area contributed by atoms with Crippen molar-refractivity contribution < 1.29 is 4.79 Å². The van der Waals surface area contributed by atoms with E-state index < -0.39 is 0 Å². The molecule has 1 aliphatic rings. The molecule has 106 valence electrons. The lowest BCUT2D eigenvalue weighted by molar-refractivity contribution is -0.123. The van der Waals surface area contributed by atoms with Crippen LogP contribution in [0.1, 0.15) is 18.2 Å². The van der Waals surface area contributed by atoms with E-state index in [0.29, 0.717) is 31.5 Å². The van der Waals surface area contributed by atoms with Gasteiger partial charge in [0.05, 0.1) is 13.1 Å². The normalized spacial score (nSPS) is 24.3. The lowest BCUT2D eigenvalue weighted by atomic mass is 9.87. The summed E-state index contributed by atoms with van der Waals surface area (Å²) in [5.74, 6) is 1.31. The van der Waals surface area contributed by atoms with Crippen molar-refractivity contribution in [1.29, 1.82) is 0 Å². The molecule has 2 heterocycles. The van der Waals surface area contributed by atoms with Gasteiger partial charge in [-0.2, -0.15) is 0 Å². The third kappa shape index (κ3) is 4.30. The van der Waals surface area contributed by atoms with Gasteiger partial charge in [0.1, 0.15) is 0 Å². The molecule has 1 fully saturated rings. The number of carbonyl (C=O) groups is 1. The number of nitrogens with one attached hydrogen (secondary N) is 1. The van der Waals surface area contributed by atoms with Crippen LogP contribution in [0.25, 0.3) is 0 Å². The second-order valence-corrected chi connectivity index (χ2v) is 6.39. The number of hydrogen-bond acceptors (Lipinski definition) is 4. The molecular weight excluding hydrogens is 258 g/mol. The summed E-state index contributed by atoms with van der Waals surface area (Å²) in [4.78, 5) is 15.3. The molecule has 4 nitrogen and oxygen atoms in total. The maximum atomic E-state index is 11.9. The number of likely N-dealkylation sites (tertiary alicyclic amines) is 1. The number of thiophene rings is 1. The zero-order chi connectivity index (χ0) is 13.7. The van der Waals surface area contributed by atoms with Crippen molar-refractivity contribution in [2.75, 3.05) is 26.2 Å². The highest BCUT2D eigenvalue weighted by Gasteiger charge is 2.25. The van der Waals surface area contributed by atoms with E-state index in [2.05, 4.69) is 17.1 Å². The van der Waals surface area contributed by atoms with E-state index in [1.807, 2.05) is 17.5 Å². The fourth-order valence-electron chi connectivity index (χ4n) is 2.53. The Morgan fingerprint density at radius 3 is 3.16 bits per heavy atom. The molecule has 0 bridgehead atoms. The van der Waals surface area contributed by atoms with Crippen molar-refractivity contribution >= 4 is 17.2 Å². The first-order chi connectivity index (χ1) is 9.19. The summed E-state index contributed by atoms with van der Waals surface area (Å²) in [5, 5.41) is 5.00. The van der Waals surface area contributed by atoms with E-state index in [1.54, 1.807) is 11.3 Å². The first-order valence-corrected chi connectivity index (χ1v) is 7.78. The highest BCUT2D eigenvalue weighted by atomic mass is 32.1. The van der Waals surface area contributed by atoms with Crippen LogP contribution in [0.15, 0.2) is 17.5 Å². The van der Waals surface area contributed by atoms with Gasteiger partial charge in [-0.25, -0.2) is 0 Å². The topological polar surface area (TPSA) is 58.4 Å². The average molecular weight is 281 g/mol. The van der Waals surface area contributed by atoms with Crippen molar-refractivity contribution in [3.63, 3.8) is 0 Å².